The molecule has 0 spiro atoms. The number of halogens is 1. The van der Waals surface area contributed by atoms with E-state index in [0.29, 0.717) is 17.9 Å². The molecule has 2 aromatic heterocycles. The van der Waals surface area contributed by atoms with E-state index in [1.807, 2.05) is 24.3 Å². The van der Waals surface area contributed by atoms with Crippen molar-refractivity contribution in [3.63, 3.8) is 0 Å². The molecule has 2 heterocycles. The summed E-state index contributed by atoms with van der Waals surface area (Å²) in [6, 6.07) is 15.0. The average molecular weight is 424 g/mol. The molecular formula is C19H14BrN5O2. The van der Waals surface area contributed by atoms with Gasteiger partial charge in [0.15, 0.2) is 12.2 Å². The average Bonchev–Trinajstić information content (AvgIpc) is 3.34. The molecule has 1 N–H and O–H groups in total. The predicted octanol–water partition coefficient (Wildman–Crippen LogP) is 4.00. The van der Waals surface area contributed by atoms with E-state index in [0.717, 1.165) is 15.6 Å². The Labute approximate surface area is 163 Å². The number of rotatable bonds is 5. The standard InChI is InChI=1S/C19H14BrN5O2/c20-16-3-1-2-13(8-16)10-25-11-22-19(24-25)23-18(26)15-6-4-14(5-7-15)17-9-21-12-27-17/h1-9,11-12H,10H2,(H,23,24,26). The predicted molar refractivity (Wildman–Crippen MR) is 103 cm³/mol. The number of aromatic nitrogens is 4. The maximum Gasteiger partial charge on any atom is 0.258 e. The summed E-state index contributed by atoms with van der Waals surface area (Å²) in [6.07, 6.45) is 4.58. The first-order valence-electron chi connectivity index (χ1n) is 8.11. The van der Waals surface area contributed by atoms with Crippen molar-refractivity contribution in [3.8, 4) is 11.3 Å². The topological polar surface area (TPSA) is 85.8 Å². The molecule has 0 aliphatic carbocycles. The van der Waals surface area contributed by atoms with Gasteiger partial charge >= 0.3 is 0 Å². The van der Waals surface area contributed by atoms with Crippen LogP contribution >= 0.6 is 15.9 Å². The zero-order valence-corrected chi connectivity index (χ0v) is 15.6. The number of carbonyl (C=O) groups excluding carboxylic acids is 1. The number of hydrogen-bond acceptors (Lipinski definition) is 5. The minimum atomic E-state index is -0.278. The van der Waals surface area contributed by atoms with Crippen LogP contribution in [0.25, 0.3) is 11.3 Å². The van der Waals surface area contributed by atoms with Crippen molar-refractivity contribution in [1.29, 1.82) is 0 Å². The van der Waals surface area contributed by atoms with Crippen LogP contribution in [0, 0.1) is 0 Å². The summed E-state index contributed by atoms with van der Waals surface area (Å²) in [5.41, 5.74) is 2.43. The molecule has 0 aliphatic heterocycles. The number of nitrogens with zero attached hydrogens (tertiary/aromatic N) is 4. The molecule has 0 unspecified atom stereocenters. The van der Waals surface area contributed by atoms with Gasteiger partial charge in [0.05, 0.1) is 12.7 Å². The van der Waals surface area contributed by atoms with E-state index < -0.39 is 0 Å². The number of amides is 1. The van der Waals surface area contributed by atoms with Crippen LogP contribution in [0.4, 0.5) is 5.95 Å². The Kier molecular flexibility index (Phi) is 4.80. The van der Waals surface area contributed by atoms with Crippen molar-refractivity contribution < 1.29 is 9.21 Å². The van der Waals surface area contributed by atoms with Crippen LogP contribution in [-0.4, -0.2) is 25.7 Å². The van der Waals surface area contributed by atoms with Gasteiger partial charge in [-0.25, -0.2) is 14.6 Å². The van der Waals surface area contributed by atoms with Crippen LogP contribution in [0.5, 0.6) is 0 Å². The van der Waals surface area contributed by atoms with Gasteiger partial charge in [-0.15, -0.1) is 5.10 Å². The van der Waals surface area contributed by atoms with Crippen molar-refractivity contribution in [2.45, 2.75) is 6.54 Å². The molecule has 0 atom stereocenters. The van der Waals surface area contributed by atoms with Crippen molar-refractivity contribution in [2.75, 3.05) is 5.32 Å². The normalized spacial score (nSPS) is 10.7. The summed E-state index contributed by atoms with van der Waals surface area (Å²) in [6.45, 7) is 0.564. The molecule has 134 valence electrons. The summed E-state index contributed by atoms with van der Waals surface area (Å²) in [5.74, 6) is 0.628. The zero-order valence-electron chi connectivity index (χ0n) is 14.0. The molecule has 1 amide bonds. The summed E-state index contributed by atoms with van der Waals surface area (Å²) < 4.78 is 7.91. The number of hydrogen-bond donors (Lipinski definition) is 1. The highest BCUT2D eigenvalue weighted by atomic mass is 79.9. The molecule has 4 aromatic rings. The molecule has 8 heteroatoms. The van der Waals surface area contributed by atoms with E-state index >= 15 is 0 Å². The second kappa shape index (κ2) is 7.55. The van der Waals surface area contributed by atoms with E-state index in [1.54, 1.807) is 41.5 Å². The van der Waals surface area contributed by atoms with Crippen LogP contribution < -0.4 is 5.32 Å². The van der Waals surface area contributed by atoms with Gasteiger partial charge in [0.25, 0.3) is 5.91 Å². The second-order valence-corrected chi connectivity index (χ2v) is 6.71. The van der Waals surface area contributed by atoms with E-state index in [1.165, 1.54) is 6.39 Å². The maximum atomic E-state index is 12.4. The molecule has 7 nitrogen and oxygen atoms in total. The first-order chi connectivity index (χ1) is 13.2. The van der Waals surface area contributed by atoms with Gasteiger partial charge in [0, 0.05) is 15.6 Å². The fraction of sp³-hybridized carbons (Fsp3) is 0.0526. The molecule has 4 rings (SSSR count). The van der Waals surface area contributed by atoms with Gasteiger partial charge in [-0.1, -0.05) is 40.2 Å². The van der Waals surface area contributed by atoms with Gasteiger partial charge in [0.1, 0.15) is 6.33 Å². The maximum absolute atomic E-state index is 12.4. The summed E-state index contributed by atoms with van der Waals surface area (Å²) in [5, 5.41) is 7.00. The van der Waals surface area contributed by atoms with Crippen LogP contribution in [0.15, 0.2) is 76.3 Å². The fourth-order valence-corrected chi connectivity index (χ4v) is 3.02. The third-order valence-electron chi connectivity index (χ3n) is 3.86. The molecule has 0 aliphatic rings. The first-order valence-corrected chi connectivity index (χ1v) is 8.91. The SMILES string of the molecule is O=C(Nc1ncn(Cc2cccc(Br)c2)n1)c1ccc(-c2cnco2)cc1. The number of nitrogens with one attached hydrogen (secondary N) is 1. The van der Waals surface area contributed by atoms with E-state index in [4.69, 9.17) is 4.42 Å². The largest absolute Gasteiger partial charge is 0.444 e. The lowest BCUT2D eigenvalue weighted by Crippen LogP contribution is -2.13. The highest BCUT2D eigenvalue weighted by molar-refractivity contribution is 9.10. The molecule has 2 aromatic carbocycles. The van der Waals surface area contributed by atoms with Gasteiger partial charge in [0.2, 0.25) is 5.95 Å². The fourth-order valence-electron chi connectivity index (χ4n) is 2.57. The van der Waals surface area contributed by atoms with Crippen molar-refractivity contribution in [2.24, 2.45) is 0 Å². The zero-order chi connectivity index (χ0) is 18.6. The number of anilines is 1. The first kappa shape index (κ1) is 17.2. The Bertz CT molecular complexity index is 1060. The van der Waals surface area contributed by atoms with Crippen LogP contribution in [0.2, 0.25) is 0 Å². The van der Waals surface area contributed by atoms with Gasteiger partial charge in [-0.2, -0.15) is 0 Å². The number of benzene rings is 2. The molecule has 0 fully saturated rings. The lowest BCUT2D eigenvalue weighted by Gasteiger charge is -2.03. The lowest BCUT2D eigenvalue weighted by atomic mass is 10.1. The van der Waals surface area contributed by atoms with Gasteiger partial charge in [-0.05, 0) is 29.8 Å². The Morgan fingerprint density at radius 3 is 2.78 bits per heavy atom. The Morgan fingerprint density at radius 2 is 2.04 bits per heavy atom. The molecule has 0 radical (unpaired) electrons. The molecular weight excluding hydrogens is 410 g/mol. The smallest absolute Gasteiger partial charge is 0.258 e. The summed E-state index contributed by atoms with van der Waals surface area (Å²) >= 11 is 3.45. The monoisotopic (exact) mass is 423 g/mol. The van der Waals surface area contributed by atoms with Crippen molar-refractivity contribution in [3.05, 3.63) is 83.0 Å². The lowest BCUT2D eigenvalue weighted by molar-refractivity contribution is 0.102. The third kappa shape index (κ3) is 4.12. The van der Waals surface area contributed by atoms with Crippen LogP contribution in [-0.2, 0) is 6.54 Å². The highest BCUT2D eigenvalue weighted by Crippen LogP contribution is 2.19. The molecule has 0 saturated carbocycles. The summed E-state index contributed by atoms with van der Waals surface area (Å²) in [4.78, 5) is 20.4. The number of carbonyl (C=O) groups is 1. The van der Waals surface area contributed by atoms with E-state index in [-0.39, 0.29) is 11.9 Å². The van der Waals surface area contributed by atoms with Gasteiger partial charge in [-0.3, -0.25) is 10.1 Å². The van der Waals surface area contributed by atoms with Crippen LogP contribution in [0.3, 0.4) is 0 Å². The highest BCUT2D eigenvalue weighted by Gasteiger charge is 2.10. The Morgan fingerprint density at radius 1 is 1.19 bits per heavy atom. The third-order valence-corrected chi connectivity index (χ3v) is 4.35. The van der Waals surface area contributed by atoms with Gasteiger partial charge < -0.3 is 4.42 Å². The second-order valence-electron chi connectivity index (χ2n) is 5.79. The van der Waals surface area contributed by atoms with Crippen molar-refractivity contribution >= 4 is 27.8 Å². The van der Waals surface area contributed by atoms with Crippen LogP contribution in [0.1, 0.15) is 15.9 Å². The molecule has 0 bridgehead atoms. The minimum absolute atomic E-state index is 0.259. The Hall–Kier alpha value is -3.26. The Balaban J connectivity index is 1.42. The molecule has 27 heavy (non-hydrogen) atoms. The quantitative estimate of drug-likeness (QED) is 0.524. The number of oxazole rings is 1. The summed E-state index contributed by atoms with van der Waals surface area (Å²) in [7, 11) is 0. The van der Waals surface area contributed by atoms with Crippen molar-refractivity contribution in [1.82, 2.24) is 19.7 Å². The van der Waals surface area contributed by atoms with E-state index in [2.05, 4.69) is 36.3 Å². The minimum Gasteiger partial charge on any atom is -0.444 e. The van der Waals surface area contributed by atoms with E-state index in [9.17, 15) is 4.79 Å². The molecule has 0 saturated heterocycles.